The van der Waals surface area contributed by atoms with Gasteiger partial charge >= 0.3 is 12.4 Å². The van der Waals surface area contributed by atoms with Crippen molar-refractivity contribution in [3.05, 3.63) is 128 Å². The largest absolute Gasteiger partial charge is 0.504 e. The molecule has 1 aliphatic carbocycles. The number of benzene rings is 4. The number of anilines is 1. The van der Waals surface area contributed by atoms with Crippen LogP contribution < -0.4 is 14.4 Å². The average molecular weight is 890 g/mol. The SMILES string of the molecule is COc1cc(/C=C(/CC[C@H]2OC[C@H]3C2=C(COc2ccccc2)C[C@H]2C(=O)N(c4cc(C(F)(F)F)cc(C(F)(F)F)c4)C(=O)[C@H]23)c2ccccc2)cc(I)c1O. The molecule has 7 rings (SSSR count). The van der Waals surface area contributed by atoms with Gasteiger partial charge in [-0.2, -0.15) is 26.3 Å². The second-order valence-electron chi connectivity index (χ2n) is 13.8. The lowest BCUT2D eigenvalue weighted by Gasteiger charge is -2.31. The number of nitrogens with zero attached hydrogens (tertiary/aromatic N) is 1. The van der Waals surface area contributed by atoms with Crippen LogP contribution in [0.15, 0.2) is 102 Å². The smallest absolute Gasteiger partial charge is 0.416 e. The summed E-state index contributed by atoms with van der Waals surface area (Å²) in [4.78, 5) is 28.6. The molecule has 0 radical (unpaired) electrons. The van der Waals surface area contributed by atoms with Crippen LogP contribution in [0, 0.1) is 21.3 Å². The van der Waals surface area contributed by atoms with Crippen LogP contribution in [0.5, 0.6) is 17.2 Å². The summed E-state index contributed by atoms with van der Waals surface area (Å²) in [6.45, 7) is 0.0340. The van der Waals surface area contributed by atoms with Crippen LogP contribution in [0.1, 0.15) is 41.5 Å². The number of ether oxygens (including phenoxy) is 3. The molecule has 4 aromatic rings. The number of carbonyl (C=O) groups is 2. The van der Waals surface area contributed by atoms with E-state index in [4.69, 9.17) is 14.2 Å². The van der Waals surface area contributed by atoms with Crippen LogP contribution in [-0.2, 0) is 26.7 Å². The summed E-state index contributed by atoms with van der Waals surface area (Å²) in [5, 5.41) is 10.4. The number of fused-ring (bicyclic) bond motifs is 3. The molecule has 0 aromatic heterocycles. The van der Waals surface area contributed by atoms with E-state index in [-0.39, 0.29) is 31.5 Å². The van der Waals surface area contributed by atoms with Gasteiger partial charge in [0.2, 0.25) is 11.8 Å². The van der Waals surface area contributed by atoms with Gasteiger partial charge in [-0.25, -0.2) is 4.90 Å². The van der Waals surface area contributed by atoms with E-state index in [1.807, 2.05) is 71.1 Å². The molecule has 2 aliphatic heterocycles. The fourth-order valence-electron chi connectivity index (χ4n) is 7.89. The van der Waals surface area contributed by atoms with Gasteiger partial charge in [0.1, 0.15) is 12.4 Å². The molecule has 2 saturated heterocycles. The van der Waals surface area contributed by atoms with Crippen molar-refractivity contribution in [2.24, 2.45) is 17.8 Å². The van der Waals surface area contributed by atoms with E-state index >= 15 is 0 Å². The van der Waals surface area contributed by atoms with Gasteiger partial charge in [-0.05, 0) is 112 Å². The minimum atomic E-state index is -5.17. The van der Waals surface area contributed by atoms with E-state index in [1.54, 1.807) is 30.3 Å². The number of phenols is 1. The van der Waals surface area contributed by atoms with Crippen LogP contribution in [0.4, 0.5) is 32.0 Å². The number of hydrogen-bond acceptors (Lipinski definition) is 6. The highest BCUT2D eigenvalue weighted by Crippen LogP contribution is 2.51. The zero-order valence-corrected chi connectivity index (χ0v) is 31.8. The minimum absolute atomic E-state index is 0.00246. The van der Waals surface area contributed by atoms with Gasteiger partial charge in [0.15, 0.2) is 11.5 Å². The number of para-hydroxylation sites is 1. The molecule has 0 unspecified atom stereocenters. The number of imide groups is 1. The third-order valence-corrected chi connectivity index (χ3v) is 11.2. The van der Waals surface area contributed by atoms with Crippen molar-refractivity contribution in [3.63, 3.8) is 0 Å². The summed E-state index contributed by atoms with van der Waals surface area (Å²) in [6.07, 6.45) is -7.98. The van der Waals surface area contributed by atoms with E-state index in [1.165, 1.54) is 7.11 Å². The van der Waals surface area contributed by atoms with Crippen molar-refractivity contribution < 1.29 is 55.2 Å². The number of carbonyl (C=O) groups excluding carboxylic acids is 2. The highest BCUT2D eigenvalue weighted by atomic mass is 127. The molecule has 0 saturated carbocycles. The quantitative estimate of drug-likeness (QED) is 0.0562. The molecule has 3 aliphatic rings. The number of methoxy groups -OCH3 is 1. The third-order valence-electron chi connectivity index (χ3n) is 10.4. The van der Waals surface area contributed by atoms with Crippen molar-refractivity contribution >= 4 is 51.7 Å². The molecule has 7 nitrogen and oxygen atoms in total. The summed E-state index contributed by atoms with van der Waals surface area (Å²) in [5.74, 6) is -3.66. The molecule has 2 amide bonds. The van der Waals surface area contributed by atoms with Gasteiger partial charge in [0, 0.05) is 5.92 Å². The zero-order chi connectivity index (χ0) is 39.9. The minimum Gasteiger partial charge on any atom is -0.504 e. The predicted molar refractivity (Wildman–Crippen MR) is 204 cm³/mol. The second-order valence-corrected chi connectivity index (χ2v) is 15.0. The van der Waals surface area contributed by atoms with Crippen molar-refractivity contribution in [1.29, 1.82) is 0 Å². The lowest BCUT2D eigenvalue weighted by molar-refractivity contribution is -0.143. The van der Waals surface area contributed by atoms with Crippen LogP contribution >= 0.6 is 22.6 Å². The topological polar surface area (TPSA) is 85.3 Å². The van der Waals surface area contributed by atoms with E-state index in [2.05, 4.69) is 0 Å². The Labute approximate surface area is 331 Å². The molecule has 0 bridgehead atoms. The number of halogens is 7. The van der Waals surface area contributed by atoms with Gasteiger partial charge in [-0.3, -0.25) is 9.59 Å². The standard InChI is InChI=1S/C42H34F6INO6/c1-54-35-16-23(15-33(49)38(35)51)14-25(24-8-4-2-5-9-24)12-13-34-36-26(21-55-30-10-6-3-7-11-30)17-31-37(32(36)22-56-34)40(53)50(39(31)52)29-19-27(41(43,44)45)18-28(20-29)42(46,47)48/h2-11,14-16,18-20,31-32,34,37,51H,12-13,17,21-22H2,1H3/b25-14-/t31-,32+,34-,37-/m1/s1. The number of rotatable bonds is 10. The van der Waals surface area contributed by atoms with Gasteiger partial charge in [0.25, 0.3) is 0 Å². The van der Waals surface area contributed by atoms with Gasteiger partial charge in [-0.1, -0.05) is 54.6 Å². The number of alkyl halides is 6. The van der Waals surface area contributed by atoms with Crippen LogP contribution in [0.25, 0.3) is 11.6 Å². The van der Waals surface area contributed by atoms with Crippen molar-refractivity contribution in [1.82, 2.24) is 0 Å². The Kier molecular flexibility index (Phi) is 11.0. The lowest BCUT2D eigenvalue weighted by Crippen LogP contribution is -2.35. The Morgan fingerprint density at radius 3 is 2.16 bits per heavy atom. The maximum Gasteiger partial charge on any atom is 0.416 e. The average Bonchev–Trinajstić information content (AvgIpc) is 3.70. The molecule has 1 N–H and O–H groups in total. The van der Waals surface area contributed by atoms with E-state index in [9.17, 15) is 41.0 Å². The van der Waals surface area contributed by atoms with E-state index < -0.39 is 64.8 Å². The number of phenolic OH excluding ortho intramolecular Hbond substituents is 1. The summed E-state index contributed by atoms with van der Waals surface area (Å²) in [5.41, 5.74) is 0.0483. The van der Waals surface area contributed by atoms with Crippen LogP contribution in [0.3, 0.4) is 0 Å². The summed E-state index contributed by atoms with van der Waals surface area (Å²) >= 11 is 2.03. The number of allylic oxidation sites excluding steroid dienone is 1. The molecule has 56 heavy (non-hydrogen) atoms. The molecular formula is C42H34F6INO6. The second kappa shape index (κ2) is 15.6. The lowest BCUT2D eigenvalue weighted by atomic mass is 9.69. The zero-order valence-electron chi connectivity index (χ0n) is 29.7. The Hall–Kier alpha value is -4.83. The highest BCUT2D eigenvalue weighted by molar-refractivity contribution is 14.1. The molecule has 14 heteroatoms. The fraction of sp³-hybridized carbons (Fsp3) is 0.286. The normalized spacial score (nSPS) is 21.4. The maximum absolute atomic E-state index is 14.2. The number of amides is 2. The number of aromatic hydroxyl groups is 1. The summed E-state index contributed by atoms with van der Waals surface area (Å²) in [6, 6.07) is 22.9. The first-order chi connectivity index (χ1) is 26.6. The Bertz CT molecular complexity index is 2170. The monoisotopic (exact) mass is 889 g/mol. The van der Waals surface area contributed by atoms with Crippen LogP contribution in [0.2, 0.25) is 0 Å². The molecule has 292 valence electrons. The number of hydrogen-bond donors (Lipinski definition) is 1. The van der Waals surface area contributed by atoms with E-state index in [0.717, 1.165) is 22.3 Å². The summed E-state index contributed by atoms with van der Waals surface area (Å²) in [7, 11) is 1.47. The maximum atomic E-state index is 14.2. The van der Waals surface area contributed by atoms with Gasteiger partial charge in [0.05, 0.1) is 52.0 Å². The molecular weight excluding hydrogens is 855 g/mol. The van der Waals surface area contributed by atoms with Crippen LogP contribution in [-0.4, -0.2) is 43.3 Å². The third kappa shape index (κ3) is 7.90. The van der Waals surface area contributed by atoms with Gasteiger partial charge in [-0.15, -0.1) is 0 Å². The highest BCUT2D eigenvalue weighted by Gasteiger charge is 2.58. The molecule has 4 atom stereocenters. The summed E-state index contributed by atoms with van der Waals surface area (Å²) < 4.78 is 101. The first kappa shape index (κ1) is 39.4. The van der Waals surface area contributed by atoms with Crippen molar-refractivity contribution in [2.45, 2.75) is 37.7 Å². The molecule has 2 heterocycles. The van der Waals surface area contributed by atoms with E-state index in [0.29, 0.717) is 50.5 Å². The Morgan fingerprint density at radius 2 is 1.54 bits per heavy atom. The van der Waals surface area contributed by atoms with Crippen molar-refractivity contribution in [2.75, 3.05) is 25.2 Å². The fourth-order valence-corrected chi connectivity index (χ4v) is 8.51. The van der Waals surface area contributed by atoms with Gasteiger partial charge < -0.3 is 19.3 Å². The molecule has 2 fully saturated rings. The molecule has 4 aromatic carbocycles. The Balaban J connectivity index is 1.23. The van der Waals surface area contributed by atoms with Crippen molar-refractivity contribution in [3.8, 4) is 17.2 Å². The predicted octanol–water partition coefficient (Wildman–Crippen LogP) is 9.96. The first-order valence-corrected chi connectivity index (χ1v) is 18.7. The first-order valence-electron chi connectivity index (χ1n) is 17.6. The Morgan fingerprint density at radius 1 is 0.893 bits per heavy atom. The molecule has 0 spiro atoms.